The number of rotatable bonds is 3. The van der Waals surface area contributed by atoms with Crippen molar-refractivity contribution in [3.63, 3.8) is 0 Å². The maximum Gasteiger partial charge on any atom is 0.150 e. The highest BCUT2D eigenvalue weighted by atomic mass is 32.2. The number of sulfone groups is 1. The summed E-state index contributed by atoms with van der Waals surface area (Å²) in [4.78, 5) is 0. The van der Waals surface area contributed by atoms with Gasteiger partial charge in [-0.05, 0) is 31.6 Å². The third kappa shape index (κ3) is 3.58. The van der Waals surface area contributed by atoms with Gasteiger partial charge in [-0.15, -0.1) is 0 Å². The molecule has 1 heterocycles. The lowest BCUT2D eigenvalue weighted by atomic mass is 9.88. The van der Waals surface area contributed by atoms with Crippen LogP contribution >= 0.6 is 0 Å². The van der Waals surface area contributed by atoms with E-state index in [1.54, 1.807) is 0 Å². The summed E-state index contributed by atoms with van der Waals surface area (Å²) in [5.74, 6) is 0.876. The van der Waals surface area contributed by atoms with Crippen LogP contribution in [0.15, 0.2) is 0 Å². The van der Waals surface area contributed by atoms with Gasteiger partial charge in [-0.2, -0.15) is 0 Å². The Labute approximate surface area is 86.4 Å². The van der Waals surface area contributed by atoms with Crippen molar-refractivity contribution in [1.82, 2.24) is 0 Å². The summed E-state index contributed by atoms with van der Waals surface area (Å²) >= 11 is 0. The maximum absolute atomic E-state index is 11.2. The molecule has 0 radical (unpaired) electrons. The second-order valence-corrected chi connectivity index (χ2v) is 7.11. The smallest absolute Gasteiger partial charge is 0.150 e. The summed E-state index contributed by atoms with van der Waals surface area (Å²) in [6.07, 6.45) is 2.54. The second-order valence-electron chi connectivity index (χ2n) is 4.81. The summed E-state index contributed by atoms with van der Waals surface area (Å²) in [7, 11) is -2.85. The molecule has 1 rings (SSSR count). The van der Waals surface area contributed by atoms with Gasteiger partial charge >= 0.3 is 0 Å². The van der Waals surface area contributed by atoms with E-state index in [0.29, 0.717) is 18.8 Å². The van der Waals surface area contributed by atoms with Gasteiger partial charge in [0, 0.05) is 0 Å². The van der Waals surface area contributed by atoms with E-state index in [1.165, 1.54) is 0 Å². The minimum atomic E-state index is -2.85. The fourth-order valence-electron chi connectivity index (χ4n) is 1.73. The van der Waals surface area contributed by atoms with E-state index in [4.69, 9.17) is 0 Å². The zero-order valence-corrected chi connectivity index (χ0v) is 9.81. The maximum atomic E-state index is 11.2. The Balaban J connectivity index is 2.45. The lowest BCUT2D eigenvalue weighted by Crippen LogP contribution is -2.39. The molecule has 1 aliphatic heterocycles. The molecule has 0 saturated carbocycles. The lowest BCUT2D eigenvalue weighted by molar-refractivity contribution is 0.0168. The minimum Gasteiger partial charge on any atom is -0.390 e. The zero-order valence-electron chi connectivity index (χ0n) is 8.99. The van der Waals surface area contributed by atoms with Crippen molar-refractivity contribution in [3.05, 3.63) is 0 Å². The molecule has 0 spiro atoms. The molecule has 0 aromatic heterocycles. The summed E-state index contributed by atoms with van der Waals surface area (Å²) in [5.41, 5.74) is -0.713. The van der Waals surface area contributed by atoms with Crippen LogP contribution in [0, 0.1) is 5.92 Å². The molecule has 1 fully saturated rings. The summed E-state index contributed by atoms with van der Waals surface area (Å²) < 4.78 is 22.3. The highest BCUT2D eigenvalue weighted by Gasteiger charge is 2.34. The zero-order chi connectivity index (χ0) is 10.8. The first kappa shape index (κ1) is 12.0. The average Bonchev–Trinajstić information content (AvgIpc) is 2.08. The molecule has 0 aromatic carbocycles. The first-order valence-corrected chi connectivity index (χ1v) is 7.08. The Kier molecular flexibility index (Phi) is 3.58. The number of hydrogen-bond acceptors (Lipinski definition) is 3. The largest absolute Gasteiger partial charge is 0.390 e. The van der Waals surface area contributed by atoms with Crippen LogP contribution in [-0.2, 0) is 9.84 Å². The van der Waals surface area contributed by atoms with Gasteiger partial charge in [0.2, 0.25) is 0 Å². The second kappa shape index (κ2) is 4.19. The van der Waals surface area contributed by atoms with Crippen molar-refractivity contribution in [2.24, 2.45) is 5.92 Å². The molecule has 4 heteroatoms. The lowest BCUT2D eigenvalue weighted by Gasteiger charge is -2.32. The molecule has 3 nitrogen and oxygen atoms in total. The van der Waals surface area contributed by atoms with Crippen LogP contribution in [0.25, 0.3) is 0 Å². The minimum absolute atomic E-state index is 0.154. The van der Waals surface area contributed by atoms with E-state index >= 15 is 0 Å². The highest BCUT2D eigenvalue weighted by Crippen LogP contribution is 2.29. The molecule has 14 heavy (non-hydrogen) atoms. The van der Waals surface area contributed by atoms with Crippen molar-refractivity contribution >= 4 is 9.84 Å². The van der Waals surface area contributed by atoms with E-state index in [0.717, 1.165) is 12.8 Å². The molecule has 0 bridgehead atoms. The molecule has 0 aromatic rings. The topological polar surface area (TPSA) is 54.4 Å². The van der Waals surface area contributed by atoms with Gasteiger partial charge in [0.25, 0.3) is 0 Å². The van der Waals surface area contributed by atoms with E-state index < -0.39 is 15.4 Å². The SMILES string of the molecule is CC(C)CCC1(O)CCS(=O)(=O)CC1. The fourth-order valence-corrected chi connectivity index (χ4v) is 3.31. The van der Waals surface area contributed by atoms with Crippen LogP contribution in [0.3, 0.4) is 0 Å². The van der Waals surface area contributed by atoms with Crippen LogP contribution in [0.5, 0.6) is 0 Å². The van der Waals surface area contributed by atoms with Gasteiger partial charge in [0.1, 0.15) is 0 Å². The van der Waals surface area contributed by atoms with Crippen molar-refractivity contribution in [2.45, 2.75) is 45.1 Å². The van der Waals surface area contributed by atoms with Crippen molar-refractivity contribution in [2.75, 3.05) is 11.5 Å². The van der Waals surface area contributed by atoms with Crippen molar-refractivity contribution < 1.29 is 13.5 Å². The van der Waals surface area contributed by atoms with Gasteiger partial charge < -0.3 is 5.11 Å². The predicted octanol–water partition coefficient (Wildman–Crippen LogP) is 1.36. The van der Waals surface area contributed by atoms with Crippen molar-refractivity contribution in [3.8, 4) is 0 Å². The Hall–Kier alpha value is -0.0900. The Morgan fingerprint density at radius 2 is 1.79 bits per heavy atom. The number of hydrogen-bond donors (Lipinski definition) is 1. The Morgan fingerprint density at radius 3 is 2.21 bits per heavy atom. The molecular formula is C10H20O3S. The Morgan fingerprint density at radius 1 is 1.29 bits per heavy atom. The van der Waals surface area contributed by atoms with Gasteiger partial charge in [-0.25, -0.2) is 8.42 Å². The fraction of sp³-hybridized carbons (Fsp3) is 1.00. The normalized spacial score (nSPS) is 25.1. The number of aliphatic hydroxyl groups is 1. The van der Waals surface area contributed by atoms with Crippen LogP contribution < -0.4 is 0 Å². The standard InChI is InChI=1S/C10H20O3S/c1-9(2)3-4-10(11)5-7-14(12,13)8-6-10/h9,11H,3-8H2,1-2H3. The molecule has 1 saturated heterocycles. The summed E-state index contributed by atoms with van der Waals surface area (Å²) in [6.45, 7) is 4.23. The van der Waals surface area contributed by atoms with E-state index in [9.17, 15) is 13.5 Å². The van der Waals surface area contributed by atoms with E-state index in [1.807, 2.05) is 0 Å². The molecule has 0 amide bonds. The van der Waals surface area contributed by atoms with Crippen LogP contribution in [0.4, 0.5) is 0 Å². The molecular weight excluding hydrogens is 200 g/mol. The molecule has 0 aliphatic carbocycles. The first-order chi connectivity index (χ1) is 6.33. The van der Waals surface area contributed by atoms with Gasteiger partial charge in [-0.3, -0.25) is 0 Å². The molecule has 0 atom stereocenters. The van der Waals surface area contributed by atoms with Gasteiger partial charge in [-0.1, -0.05) is 13.8 Å². The van der Waals surface area contributed by atoms with Crippen LogP contribution in [-0.4, -0.2) is 30.6 Å². The third-order valence-corrected chi connectivity index (χ3v) is 4.60. The quantitative estimate of drug-likeness (QED) is 0.781. The Bertz CT molecular complexity index is 266. The van der Waals surface area contributed by atoms with Gasteiger partial charge in [0.15, 0.2) is 9.84 Å². The summed E-state index contributed by atoms with van der Waals surface area (Å²) in [5, 5.41) is 10.1. The third-order valence-electron chi connectivity index (χ3n) is 2.94. The molecule has 0 unspecified atom stereocenters. The molecule has 84 valence electrons. The average molecular weight is 220 g/mol. The predicted molar refractivity (Wildman–Crippen MR) is 56.9 cm³/mol. The van der Waals surface area contributed by atoms with Gasteiger partial charge in [0.05, 0.1) is 17.1 Å². The van der Waals surface area contributed by atoms with Crippen LogP contribution in [0.1, 0.15) is 39.5 Å². The van der Waals surface area contributed by atoms with E-state index in [-0.39, 0.29) is 11.5 Å². The molecule has 1 N–H and O–H groups in total. The van der Waals surface area contributed by atoms with E-state index in [2.05, 4.69) is 13.8 Å². The van der Waals surface area contributed by atoms with Crippen molar-refractivity contribution in [1.29, 1.82) is 0 Å². The molecule has 1 aliphatic rings. The monoisotopic (exact) mass is 220 g/mol. The summed E-state index contributed by atoms with van der Waals surface area (Å²) in [6, 6.07) is 0. The first-order valence-electron chi connectivity index (χ1n) is 5.26. The van der Waals surface area contributed by atoms with Crippen LogP contribution in [0.2, 0.25) is 0 Å². The highest BCUT2D eigenvalue weighted by molar-refractivity contribution is 7.91.